The van der Waals surface area contributed by atoms with Gasteiger partial charge in [0.15, 0.2) is 5.17 Å². The van der Waals surface area contributed by atoms with E-state index in [1.165, 1.54) is 12.1 Å². The summed E-state index contributed by atoms with van der Waals surface area (Å²) in [6.07, 6.45) is 0. The molecule has 0 saturated heterocycles. The van der Waals surface area contributed by atoms with Crippen molar-refractivity contribution in [3.63, 3.8) is 0 Å². The van der Waals surface area contributed by atoms with Crippen molar-refractivity contribution >= 4 is 43.5 Å². The molecule has 8 heteroatoms. The van der Waals surface area contributed by atoms with Gasteiger partial charge in [-0.15, -0.1) is 4.40 Å². The fourth-order valence-electron chi connectivity index (χ4n) is 1.11. The van der Waals surface area contributed by atoms with E-state index in [2.05, 4.69) is 4.40 Å². The van der Waals surface area contributed by atoms with Gasteiger partial charge < -0.3 is 9.80 Å². The molecule has 1 rings (SSSR count). The van der Waals surface area contributed by atoms with Gasteiger partial charge in [-0.05, 0) is 23.9 Å². The van der Waals surface area contributed by atoms with Crippen LogP contribution in [-0.4, -0.2) is 55.9 Å². The zero-order chi connectivity index (χ0) is 15.3. The van der Waals surface area contributed by atoms with Crippen LogP contribution in [-0.2, 0) is 10.0 Å². The summed E-state index contributed by atoms with van der Waals surface area (Å²) in [6, 6.07) is 8.11. The summed E-state index contributed by atoms with van der Waals surface area (Å²) in [4.78, 5) is 3.52. The molecule has 0 spiro atoms. The van der Waals surface area contributed by atoms with E-state index in [1.54, 1.807) is 56.2 Å². The third kappa shape index (κ3) is 4.77. The Hall–Kier alpha value is -1.12. The monoisotopic (exact) mass is 331 g/mol. The highest BCUT2D eigenvalue weighted by Crippen LogP contribution is 2.17. The Kier molecular flexibility index (Phi) is 5.97. The lowest BCUT2D eigenvalue weighted by Gasteiger charge is -2.18. The van der Waals surface area contributed by atoms with E-state index < -0.39 is 10.0 Å². The molecule has 0 heterocycles. The summed E-state index contributed by atoms with van der Waals surface area (Å²) in [5, 5.41) is 0.326. The minimum Gasteiger partial charge on any atom is -0.363 e. The lowest BCUT2D eigenvalue weighted by atomic mass is 10.4. The number of sulfonamides is 1. The first kappa shape index (κ1) is 16.9. The molecular weight excluding hydrogens is 314 g/mol. The first-order valence-electron chi connectivity index (χ1n) is 5.70. The van der Waals surface area contributed by atoms with Crippen molar-refractivity contribution in [2.24, 2.45) is 4.40 Å². The van der Waals surface area contributed by atoms with Crippen molar-refractivity contribution in [1.29, 1.82) is 0 Å². The van der Waals surface area contributed by atoms with Crippen LogP contribution in [0.3, 0.4) is 0 Å². The molecule has 0 bridgehead atoms. The largest absolute Gasteiger partial charge is 0.363 e. The fraction of sp³-hybridized carbons (Fsp3) is 0.333. The number of thiocarbonyl (C=S) groups is 1. The van der Waals surface area contributed by atoms with E-state index in [0.29, 0.717) is 9.49 Å². The predicted molar refractivity (Wildman–Crippen MR) is 88.6 cm³/mol. The highest BCUT2D eigenvalue weighted by molar-refractivity contribution is 8.33. The molecule has 20 heavy (non-hydrogen) atoms. The van der Waals surface area contributed by atoms with E-state index in [-0.39, 0.29) is 4.90 Å². The molecule has 1 aromatic rings. The SMILES string of the molecule is CN(C)C(=S)SC(=NS(=O)(=O)c1ccccc1)N(C)C. The second-order valence-electron chi connectivity index (χ2n) is 4.32. The second-order valence-corrected chi connectivity index (χ2v) is 7.52. The van der Waals surface area contributed by atoms with Gasteiger partial charge in [0.05, 0.1) is 4.90 Å². The topological polar surface area (TPSA) is 53.0 Å². The third-order valence-electron chi connectivity index (χ3n) is 2.17. The first-order chi connectivity index (χ1) is 9.24. The Morgan fingerprint density at radius 1 is 1.10 bits per heavy atom. The summed E-state index contributed by atoms with van der Waals surface area (Å²) in [6.45, 7) is 0. The Morgan fingerprint density at radius 3 is 2.10 bits per heavy atom. The van der Waals surface area contributed by atoms with Crippen LogP contribution in [0.1, 0.15) is 0 Å². The van der Waals surface area contributed by atoms with E-state index >= 15 is 0 Å². The van der Waals surface area contributed by atoms with E-state index in [0.717, 1.165) is 11.8 Å². The standard InChI is InChI=1S/C12H17N3O2S3/c1-14(2)11(19-12(18)15(3)4)13-20(16,17)10-8-6-5-7-9-10/h5-9H,1-4H3. The van der Waals surface area contributed by atoms with Crippen LogP contribution in [0, 0.1) is 0 Å². The highest BCUT2D eigenvalue weighted by atomic mass is 32.2. The highest BCUT2D eigenvalue weighted by Gasteiger charge is 2.17. The first-order valence-corrected chi connectivity index (χ1v) is 8.37. The van der Waals surface area contributed by atoms with E-state index in [4.69, 9.17) is 12.2 Å². The lowest BCUT2D eigenvalue weighted by Crippen LogP contribution is -2.25. The van der Waals surface area contributed by atoms with Crippen molar-refractivity contribution < 1.29 is 8.42 Å². The molecule has 0 atom stereocenters. The quantitative estimate of drug-likeness (QED) is 0.468. The van der Waals surface area contributed by atoms with E-state index in [9.17, 15) is 8.42 Å². The zero-order valence-corrected chi connectivity index (χ0v) is 14.2. The maximum Gasteiger partial charge on any atom is 0.284 e. The molecule has 0 N–H and O–H groups in total. The normalized spacial score (nSPS) is 12.1. The van der Waals surface area contributed by atoms with Crippen molar-refractivity contribution in [3.8, 4) is 0 Å². The average molecular weight is 331 g/mol. The van der Waals surface area contributed by atoms with Crippen molar-refractivity contribution in [2.45, 2.75) is 4.90 Å². The van der Waals surface area contributed by atoms with Crippen LogP contribution in [0.25, 0.3) is 0 Å². The molecule has 0 aromatic heterocycles. The maximum atomic E-state index is 12.2. The molecular formula is C12H17N3O2S3. The van der Waals surface area contributed by atoms with Crippen LogP contribution >= 0.6 is 24.0 Å². The van der Waals surface area contributed by atoms with Crippen LogP contribution in [0.2, 0.25) is 0 Å². The average Bonchev–Trinajstić information content (AvgIpc) is 2.38. The van der Waals surface area contributed by atoms with Crippen LogP contribution < -0.4 is 0 Å². The second kappa shape index (κ2) is 7.05. The minimum atomic E-state index is -3.73. The van der Waals surface area contributed by atoms with Gasteiger partial charge in [0.2, 0.25) is 0 Å². The number of thioether (sulfide) groups is 1. The number of hydrogen-bond donors (Lipinski definition) is 0. The van der Waals surface area contributed by atoms with E-state index in [1.807, 2.05) is 0 Å². The predicted octanol–water partition coefficient (Wildman–Crippen LogP) is 1.87. The summed E-state index contributed by atoms with van der Waals surface area (Å²) >= 11 is 6.30. The smallest absolute Gasteiger partial charge is 0.284 e. The minimum absolute atomic E-state index is 0.163. The van der Waals surface area contributed by atoms with Gasteiger partial charge >= 0.3 is 0 Å². The Bertz CT molecular complexity index is 596. The molecule has 110 valence electrons. The van der Waals surface area contributed by atoms with Gasteiger partial charge in [-0.1, -0.05) is 30.4 Å². The molecule has 0 fully saturated rings. The number of nitrogens with zero attached hydrogens (tertiary/aromatic N) is 3. The van der Waals surface area contributed by atoms with Gasteiger partial charge in [0.25, 0.3) is 10.0 Å². The number of rotatable bonds is 2. The van der Waals surface area contributed by atoms with Crippen molar-refractivity contribution in [1.82, 2.24) is 9.80 Å². The summed E-state index contributed by atoms with van der Waals surface area (Å²) < 4.78 is 28.8. The molecule has 0 aliphatic carbocycles. The van der Waals surface area contributed by atoms with Gasteiger partial charge in [-0.3, -0.25) is 0 Å². The van der Waals surface area contributed by atoms with Gasteiger partial charge in [0, 0.05) is 28.2 Å². The molecule has 5 nitrogen and oxygen atoms in total. The van der Waals surface area contributed by atoms with Crippen LogP contribution in [0.4, 0.5) is 0 Å². The van der Waals surface area contributed by atoms with Gasteiger partial charge in [-0.25, -0.2) is 0 Å². The van der Waals surface area contributed by atoms with Crippen molar-refractivity contribution in [3.05, 3.63) is 30.3 Å². The number of amidine groups is 1. The maximum absolute atomic E-state index is 12.2. The molecule has 0 unspecified atom stereocenters. The summed E-state index contributed by atoms with van der Waals surface area (Å²) in [5.74, 6) is 0. The Labute approximate surface area is 129 Å². The molecule has 0 saturated carbocycles. The third-order valence-corrected chi connectivity index (χ3v) is 5.36. The van der Waals surface area contributed by atoms with Crippen molar-refractivity contribution in [2.75, 3.05) is 28.2 Å². The molecule has 0 radical (unpaired) electrons. The fourth-order valence-corrected chi connectivity index (χ4v) is 3.27. The van der Waals surface area contributed by atoms with Gasteiger partial charge in [0.1, 0.15) is 4.32 Å². The molecule has 0 aliphatic heterocycles. The number of benzene rings is 1. The summed E-state index contributed by atoms with van der Waals surface area (Å²) in [5.41, 5.74) is 0. The van der Waals surface area contributed by atoms with Gasteiger partial charge in [-0.2, -0.15) is 8.42 Å². The Morgan fingerprint density at radius 2 is 1.65 bits per heavy atom. The lowest BCUT2D eigenvalue weighted by molar-refractivity contribution is 0.594. The number of hydrogen-bond acceptors (Lipinski definition) is 4. The molecule has 0 amide bonds. The molecule has 1 aromatic carbocycles. The molecule has 0 aliphatic rings. The van der Waals surface area contributed by atoms with Crippen LogP contribution in [0.15, 0.2) is 39.6 Å². The Balaban J connectivity index is 3.12. The van der Waals surface area contributed by atoms with Crippen LogP contribution in [0.5, 0.6) is 0 Å². The summed E-state index contributed by atoms with van der Waals surface area (Å²) in [7, 11) is 3.32. The zero-order valence-electron chi connectivity index (χ0n) is 11.8.